The van der Waals surface area contributed by atoms with Crippen molar-refractivity contribution < 1.29 is 14.4 Å². The Morgan fingerprint density at radius 3 is 1.47 bits per heavy atom. The molecule has 0 aliphatic heterocycles. The Bertz CT molecular complexity index is 183. The van der Waals surface area contributed by atoms with Gasteiger partial charge in [-0.05, 0) is 40.5 Å². The fourth-order valence-electron chi connectivity index (χ4n) is 2.21. The number of carboxylic acid groups (broad SMARTS) is 1. The minimum atomic E-state index is -0.920. The summed E-state index contributed by atoms with van der Waals surface area (Å²) in [5.74, 6) is -0.920. The number of aliphatic carboxylic acids is 1. The molecule has 3 heteroatoms. The number of carbonyl (C=O) groups is 1. The third kappa shape index (κ3) is 12.2. The summed E-state index contributed by atoms with van der Waals surface area (Å²) in [4.78, 5) is 9.92. The summed E-state index contributed by atoms with van der Waals surface area (Å²) in [6.07, 6.45) is 5.61. The lowest BCUT2D eigenvalue weighted by Gasteiger charge is -2.34. The molecule has 0 aromatic carbocycles. The van der Waals surface area contributed by atoms with Crippen LogP contribution in [0, 0.1) is 0 Å². The van der Waals surface area contributed by atoms with Gasteiger partial charge in [0.15, 0.2) is 0 Å². The van der Waals surface area contributed by atoms with E-state index >= 15 is 0 Å². The van der Waals surface area contributed by atoms with E-state index in [2.05, 4.69) is 34.6 Å². The van der Waals surface area contributed by atoms with Gasteiger partial charge in [0.05, 0.1) is 26.2 Å². The van der Waals surface area contributed by atoms with Crippen LogP contribution in [0.5, 0.6) is 0 Å². The Balaban J connectivity index is 0. The Hall–Kier alpha value is -0.570. The first kappa shape index (κ1) is 20.7. The zero-order valence-electron chi connectivity index (χ0n) is 13.8. The second-order valence-electron chi connectivity index (χ2n) is 5.14. The van der Waals surface area contributed by atoms with Gasteiger partial charge in [-0.15, -0.1) is 0 Å². The largest absolute Gasteiger partial charge is 0.550 e. The summed E-state index contributed by atoms with van der Waals surface area (Å²) in [6, 6.07) is 0. The molecule has 0 spiro atoms. The molecule has 0 saturated heterocycles. The molecule has 0 saturated carbocycles. The van der Waals surface area contributed by atoms with E-state index < -0.39 is 5.97 Å². The van der Waals surface area contributed by atoms with Crippen molar-refractivity contribution in [3.05, 3.63) is 0 Å². The van der Waals surface area contributed by atoms with E-state index in [1.54, 1.807) is 0 Å². The van der Waals surface area contributed by atoms with Crippen molar-refractivity contribution in [3.63, 3.8) is 0 Å². The van der Waals surface area contributed by atoms with E-state index in [-0.39, 0.29) is 6.42 Å². The third-order valence-corrected chi connectivity index (χ3v) is 4.17. The molecule has 0 unspecified atom stereocenters. The highest BCUT2D eigenvalue weighted by atomic mass is 16.4. The fraction of sp³-hybridized carbons (Fsp3) is 0.938. The molecule has 0 atom stereocenters. The van der Waals surface area contributed by atoms with Crippen LogP contribution in [0.15, 0.2) is 0 Å². The first-order valence-electron chi connectivity index (χ1n) is 8.06. The zero-order chi connectivity index (χ0) is 15.1. The Morgan fingerprint density at radius 1 is 0.789 bits per heavy atom. The van der Waals surface area contributed by atoms with E-state index in [0.29, 0.717) is 0 Å². The highest BCUT2D eigenvalue weighted by molar-refractivity contribution is 5.63. The number of rotatable bonds is 10. The third-order valence-electron chi connectivity index (χ3n) is 4.17. The maximum Gasteiger partial charge on any atom is 0.0757 e. The van der Waals surface area contributed by atoms with Gasteiger partial charge in [-0.1, -0.05) is 32.6 Å². The van der Waals surface area contributed by atoms with Gasteiger partial charge in [-0.2, -0.15) is 0 Å². The Kier molecular flexibility index (Phi) is 15.1. The molecule has 0 heterocycles. The minimum absolute atomic E-state index is 0.226. The van der Waals surface area contributed by atoms with Gasteiger partial charge in [-0.25, -0.2) is 0 Å². The van der Waals surface area contributed by atoms with Crippen LogP contribution in [0.25, 0.3) is 0 Å². The molecule has 116 valence electrons. The monoisotopic (exact) mass is 273 g/mol. The molecule has 0 rings (SSSR count). The van der Waals surface area contributed by atoms with Crippen molar-refractivity contribution in [3.8, 4) is 0 Å². The predicted octanol–water partition coefficient (Wildman–Crippen LogP) is 2.98. The van der Waals surface area contributed by atoms with Crippen LogP contribution in [-0.4, -0.2) is 36.6 Å². The van der Waals surface area contributed by atoms with Crippen molar-refractivity contribution in [1.29, 1.82) is 0 Å². The molecule has 0 amide bonds. The van der Waals surface area contributed by atoms with Gasteiger partial charge in [0.25, 0.3) is 0 Å². The van der Waals surface area contributed by atoms with Gasteiger partial charge >= 0.3 is 0 Å². The van der Waals surface area contributed by atoms with E-state index in [1.165, 1.54) is 43.5 Å². The van der Waals surface area contributed by atoms with E-state index in [0.717, 1.165) is 19.3 Å². The highest BCUT2D eigenvalue weighted by Crippen LogP contribution is 2.04. The fourth-order valence-corrected chi connectivity index (χ4v) is 2.21. The van der Waals surface area contributed by atoms with Crippen LogP contribution in [0.1, 0.15) is 73.1 Å². The molecule has 0 N–H and O–H groups in total. The number of hydrogen-bond acceptors (Lipinski definition) is 2. The van der Waals surface area contributed by atoms with Gasteiger partial charge in [-0.3, -0.25) is 0 Å². The van der Waals surface area contributed by atoms with Gasteiger partial charge in [0, 0.05) is 5.97 Å². The summed E-state index contributed by atoms with van der Waals surface area (Å²) < 4.78 is 1.28. The smallest absolute Gasteiger partial charge is 0.0757 e. The topological polar surface area (TPSA) is 40.1 Å². The first-order chi connectivity index (χ1) is 9.01. The Morgan fingerprint density at radius 2 is 1.21 bits per heavy atom. The number of carboxylic acids is 1. The van der Waals surface area contributed by atoms with Gasteiger partial charge in [0.2, 0.25) is 0 Å². The molecular formula is C16H35NO2. The number of nitrogens with zero attached hydrogens (tertiary/aromatic N) is 1. The lowest BCUT2D eigenvalue weighted by molar-refractivity contribution is -0.921. The average Bonchev–Trinajstić information content (AvgIpc) is 2.42. The summed E-state index contributed by atoms with van der Waals surface area (Å²) >= 11 is 0. The molecular weight excluding hydrogens is 238 g/mol. The van der Waals surface area contributed by atoms with E-state index in [1.807, 2.05) is 0 Å². The molecule has 0 aromatic rings. The second kappa shape index (κ2) is 13.9. The second-order valence-corrected chi connectivity index (χ2v) is 5.14. The SMILES string of the molecule is CCCCCCCC(=O)[O-].CC[N+](CC)(CC)CC. The maximum atomic E-state index is 9.92. The van der Waals surface area contributed by atoms with E-state index in [9.17, 15) is 9.90 Å². The Labute approximate surface area is 120 Å². The lowest BCUT2D eigenvalue weighted by Crippen LogP contribution is -2.47. The normalized spacial score (nSPS) is 10.8. The van der Waals surface area contributed by atoms with Crippen LogP contribution in [0.4, 0.5) is 0 Å². The number of hydrogen-bond donors (Lipinski definition) is 0. The number of quaternary nitrogens is 1. The molecule has 0 fully saturated rings. The van der Waals surface area contributed by atoms with Crippen molar-refractivity contribution in [2.45, 2.75) is 73.1 Å². The van der Waals surface area contributed by atoms with Gasteiger partial charge < -0.3 is 14.4 Å². The predicted molar refractivity (Wildman–Crippen MR) is 80.8 cm³/mol. The first-order valence-corrected chi connectivity index (χ1v) is 8.06. The van der Waals surface area contributed by atoms with E-state index in [4.69, 9.17) is 0 Å². The molecule has 19 heavy (non-hydrogen) atoms. The lowest BCUT2D eigenvalue weighted by atomic mass is 10.1. The number of unbranched alkanes of at least 4 members (excludes halogenated alkanes) is 4. The van der Waals surface area contributed by atoms with Crippen LogP contribution in [-0.2, 0) is 4.79 Å². The summed E-state index contributed by atoms with van der Waals surface area (Å²) in [6.45, 7) is 16.4. The van der Waals surface area contributed by atoms with Crippen LogP contribution in [0.3, 0.4) is 0 Å². The quantitative estimate of drug-likeness (QED) is 0.453. The molecule has 0 aliphatic rings. The highest BCUT2D eigenvalue weighted by Gasteiger charge is 2.16. The van der Waals surface area contributed by atoms with Crippen molar-refractivity contribution >= 4 is 5.97 Å². The maximum absolute atomic E-state index is 9.92. The molecule has 0 aromatic heterocycles. The molecule has 3 nitrogen and oxygen atoms in total. The van der Waals surface area contributed by atoms with Crippen LogP contribution in [0.2, 0.25) is 0 Å². The summed E-state index contributed by atoms with van der Waals surface area (Å²) in [5, 5.41) is 9.92. The summed E-state index contributed by atoms with van der Waals surface area (Å²) in [7, 11) is 0. The molecule has 0 bridgehead atoms. The standard InChI is InChI=1S/C8H20N.C8H16O2/c1-5-9(6-2,7-3)8-4;1-2-3-4-5-6-7-8(9)10/h5-8H2,1-4H3;2-7H2,1H3,(H,9,10)/q+1;/p-1. The molecule has 0 radical (unpaired) electrons. The average molecular weight is 273 g/mol. The minimum Gasteiger partial charge on any atom is -0.550 e. The zero-order valence-corrected chi connectivity index (χ0v) is 13.8. The molecule has 0 aliphatic carbocycles. The summed E-state index contributed by atoms with van der Waals surface area (Å²) in [5.41, 5.74) is 0. The van der Waals surface area contributed by atoms with Crippen LogP contribution < -0.4 is 5.11 Å². The van der Waals surface area contributed by atoms with Gasteiger partial charge in [0.1, 0.15) is 0 Å². The number of carbonyl (C=O) groups excluding carboxylic acids is 1. The van der Waals surface area contributed by atoms with Crippen molar-refractivity contribution in [1.82, 2.24) is 0 Å². The van der Waals surface area contributed by atoms with Crippen LogP contribution >= 0.6 is 0 Å². The van der Waals surface area contributed by atoms with Crippen molar-refractivity contribution in [2.24, 2.45) is 0 Å². The van der Waals surface area contributed by atoms with Crippen molar-refractivity contribution in [2.75, 3.05) is 26.2 Å².